The number of rotatable bonds is 7. The largest absolute Gasteiger partial charge is 0.481 e. The van der Waals surface area contributed by atoms with Gasteiger partial charge in [0.25, 0.3) is 5.91 Å². The summed E-state index contributed by atoms with van der Waals surface area (Å²) < 4.78 is 11.4. The van der Waals surface area contributed by atoms with Gasteiger partial charge in [0, 0.05) is 26.2 Å². The smallest absolute Gasteiger partial charge is 0.260 e. The molecule has 1 aliphatic heterocycles. The van der Waals surface area contributed by atoms with Crippen molar-refractivity contribution < 1.29 is 14.3 Å². The summed E-state index contributed by atoms with van der Waals surface area (Å²) in [6, 6.07) is 8.76. The van der Waals surface area contributed by atoms with E-state index < -0.39 is 6.10 Å². The van der Waals surface area contributed by atoms with E-state index in [-0.39, 0.29) is 12.0 Å². The fourth-order valence-corrected chi connectivity index (χ4v) is 2.81. The molecule has 0 bridgehead atoms. The zero-order valence-electron chi connectivity index (χ0n) is 15.2. The lowest BCUT2D eigenvalue weighted by molar-refractivity contribution is -0.128. The first-order chi connectivity index (χ1) is 12.0. The van der Waals surface area contributed by atoms with Crippen LogP contribution in [0, 0.1) is 17.2 Å². The van der Waals surface area contributed by atoms with Gasteiger partial charge in [-0.25, -0.2) is 0 Å². The minimum Gasteiger partial charge on any atom is -0.481 e. The molecule has 0 spiro atoms. The number of morpholine rings is 1. The fourth-order valence-electron chi connectivity index (χ4n) is 2.81. The van der Waals surface area contributed by atoms with Crippen LogP contribution in [0.1, 0.15) is 26.3 Å². The number of carbonyl (C=O) groups excluding carboxylic acids is 1. The Labute approximate surface area is 149 Å². The second-order valence-corrected chi connectivity index (χ2v) is 6.79. The summed E-state index contributed by atoms with van der Waals surface area (Å²) in [5, 5.41) is 11.7. The molecule has 2 unspecified atom stereocenters. The van der Waals surface area contributed by atoms with Gasteiger partial charge in [-0.15, -0.1) is 0 Å². The first-order valence-corrected chi connectivity index (χ1v) is 8.76. The van der Waals surface area contributed by atoms with Crippen molar-refractivity contribution in [2.75, 3.05) is 32.8 Å². The summed E-state index contributed by atoms with van der Waals surface area (Å²) in [6.45, 7) is 10.1. The molecule has 136 valence electrons. The maximum absolute atomic E-state index is 12.2. The highest BCUT2D eigenvalue weighted by Gasteiger charge is 2.22. The Morgan fingerprint density at radius 2 is 2.12 bits per heavy atom. The lowest BCUT2D eigenvalue weighted by atomic mass is 10.2. The Hall–Kier alpha value is -2.10. The van der Waals surface area contributed by atoms with Crippen molar-refractivity contribution >= 4 is 5.91 Å². The minimum absolute atomic E-state index is 0.0126. The third kappa shape index (κ3) is 6.37. The third-order valence-corrected chi connectivity index (χ3v) is 4.02. The van der Waals surface area contributed by atoms with Crippen LogP contribution in [-0.2, 0) is 9.53 Å². The lowest BCUT2D eigenvalue weighted by Gasteiger charge is -2.34. The average molecular weight is 345 g/mol. The van der Waals surface area contributed by atoms with Crippen LogP contribution in [0.3, 0.4) is 0 Å². The molecule has 1 heterocycles. The van der Waals surface area contributed by atoms with Crippen LogP contribution in [-0.4, -0.2) is 55.8 Å². The van der Waals surface area contributed by atoms with Crippen LogP contribution in [0.2, 0.25) is 0 Å². The molecule has 25 heavy (non-hydrogen) atoms. The van der Waals surface area contributed by atoms with Crippen LogP contribution >= 0.6 is 0 Å². The predicted octanol–water partition coefficient (Wildman–Crippen LogP) is 1.80. The number of nitrogens with zero attached hydrogens (tertiary/aromatic N) is 2. The van der Waals surface area contributed by atoms with Gasteiger partial charge in [0.2, 0.25) is 0 Å². The Bertz CT molecular complexity index is 595. The monoisotopic (exact) mass is 345 g/mol. The maximum Gasteiger partial charge on any atom is 0.260 e. The van der Waals surface area contributed by atoms with Gasteiger partial charge in [0.05, 0.1) is 24.3 Å². The van der Waals surface area contributed by atoms with Crippen molar-refractivity contribution in [3.8, 4) is 11.8 Å². The molecule has 0 aliphatic carbocycles. The number of amides is 1. The molecule has 1 aliphatic rings. The molecule has 2 rings (SSSR count). The molecule has 1 aromatic rings. The van der Waals surface area contributed by atoms with Gasteiger partial charge in [0.15, 0.2) is 6.10 Å². The Kier molecular flexibility index (Phi) is 7.23. The molecule has 2 atom stereocenters. The second-order valence-electron chi connectivity index (χ2n) is 6.79. The average Bonchev–Trinajstić information content (AvgIpc) is 2.60. The van der Waals surface area contributed by atoms with E-state index in [9.17, 15) is 4.79 Å². The molecular weight excluding hydrogens is 318 g/mol. The normalized spacial score (nSPS) is 19.2. The van der Waals surface area contributed by atoms with E-state index >= 15 is 0 Å². The maximum atomic E-state index is 12.2. The number of carbonyl (C=O) groups is 1. The number of hydrogen-bond acceptors (Lipinski definition) is 5. The van der Waals surface area contributed by atoms with Crippen LogP contribution in [0.15, 0.2) is 24.3 Å². The van der Waals surface area contributed by atoms with E-state index in [0.29, 0.717) is 30.4 Å². The molecule has 1 saturated heterocycles. The van der Waals surface area contributed by atoms with Crippen LogP contribution in [0.5, 0.6) is 5.75 Å². The number of hydrogen-bond donors (Lipinski definition) is 1. The van der Waals surface area contributed by atoms with Crippen molar-refractivity contribution in [2.24, 2.45) is 5.92 Å². The molecule has 0 radical (unpaired) electrons. The van der Waals surface area contributed by atoms with E-state index in [2.05, 4.69) is 24.1 Å². The first-order valence-electron chi connectivity index (χ1n) is 8.76. The van der Waals surface area contributed by atoms with Crippen molar-refractivity contribution in [1.82, 2.24) is 10.2 Å². The second kappa shape index (κ2) is 9.40. The highest BCUT2D eigenvalue weighted by Crippen LogP contribution is 2.13. The Balaban J connectivity index is 1.75. The van der Waals surface area contributed by atoms with E-state index in [1.54, 1.807) is 31.2 Å². The van der Waals surface area contributed by atoms with Gasteiger partial charge >= 0.3 is 0 Å². The van der Waals surface area contributed by atoms with E-state index in [1.165, 1.54) is 0 Å². The van der Waals surface area contributed by atoms with Crippen molar-refractivity contribution in [1.29, 1.82) is 5.26 Å². The van der Waals surface area contributed by atoms with E-state index in [4.69, 9.17) is 14.7 Å². The highest BCUT2D eigenvalue weighted by molar-refractivity contribution is 5.80. The van der Waals surface area contributed by atoms with E-state index in [1.807, 2.05) is 6.07 Å². The number of benzene rings is 1. The minimum atomic E-state index is -0.608. The molecule has 6 nitrogen and oxygen atoms in total. The number of ether oxygens (including phenoxy) is 2. The predicted molar refractivity (Wildman–Crippen MR) is 95.3 cm³/mol. The lowest BCUT2D eigenvalue weighted by Crippen LogP contribution is -2.49. The van der Waals surface area contributed by atoms with Crippen molar-refractivity contribution in [2.45, 2.75) is 33.0 Å². The van der Waals surface area contributed by atoms with Crippen LogP contribution in [0.4, 0.5) is 0 Å². The highest BCUT2D eigenvalue weighted by atomic mass is 16.5. The molecule has 1 N–H and O–H groups in total. The molecule has 0 saturated carbocycles. The topological polar surface area (TPSA) is 74.6 Å². The fraction of sp³-hybridized carbons (Fsp3) is 0.579. The summed E-state index contributed by atoms with van der Waals surface area (Å²) in [4.78, 5) is 14.6. The van der Waals surface area contributed by atoms with Crippen LogP contribution < -0.4 is 10.1 Å². The van der Waals surface area contributed by atoms with E-state index in [0.717, 1.165) is 19.6 Å². The Morgan fingerprint density at radius 1 is 1.40 bits per heavy atom. The summed E-state index contributed by atoms with van der Waals surface area (Å²) >= 11 is 0. The van der Waals surface area contributed by atoms with Gasteiger partial charge in [-0.05, 0) is 37.1 Å². The third-order valence-electron chi connectivity index (χ3n) is 4.02. The summed E-state index contributed by atoms with van der Waals surface area (Å²) in [5.41, 5.74) is 0.560. The van der Waals surface area contributed by atoms with Gasteiger partial charge < -0.3 is 14.8 Å². The van der Waals surface area contributed by atoms with Crippen molar-refractivity contribution in [3.05, 3.63) is 29.8 Å². The SMILES string of the molecule is CC(C)CN1CCOC(CNC(=O)C(C)Oc2ccc(C#N)cc2)C1. The van der Waals surface area contributed by atoms with Crippen molar-refractivity contribution in [3.63, 3.8) is 0 Å². The van der Waals surface area contributed by atoms with Gasteiger partial charge in [-0.2, -0.15) is 5.26 Å². The molecule has 1 aromatic carbocycles. The first kappa shape index (κ1) is 19.2. The molecule has 1 amide bonds. The number of nitrogens with one attached hydrogen (secondary N) is 1. The molecular formula is C19H27N3O3. The standard InChI is InChI=1S/C19H27N3O3/c1-14(2)12-22-8-9-24-18(13-22)11-21-19(23)15(3)25-17-6-4-16(10-20)5-7-17/h4-7,14-15,18H,8-9,11-13H2,1-3H3,(H,21,23). The van der Waals surface area contributed by atoms with Gasteiger partial charge in [-0.3, -0.25) is 9.69 Å². The zero-order chi connectivity index (χ0) is 18.2. The van der Waals surface area contributed by atoms with Crippen LogP contribution in [0.25, 0.3) is 0 Å². The Morgan fingerprint density at radius 3 is 2.76 bits per heavy atom. The molecule has 0 aromatic heterocycles. The summed E-state index contributed by atoms with van der Waals surface area (Å²) in [6.07, 6.45) is -0.596. The zero-order valence-corrected chi connectivity index (χ0v) is 15.2. The quantitative estimate of drug-likeness (QED) is 0.816. The molecule has 6 heteroatoms. The number of nitriles is 1. The van der Waals surface area contributed by atoms with Gasteiger partial charge in [0.1, 0.15) is 5.75 Å². The summed E-state index contributed by atoms with van der Waals surface area (Å²) in [5.74, 6) is 1.02. The summed E-state index contributed by atoms with van der Waals surface area (Å²) in [7, 11) is 0. The van der Waals surface area contributed by atoms with Gasteiger partial charge in [-0.1, -0.05) is 13.8 Å². The molecule has 1 fully saturated rings.